The molecule has 0 aliphatic rings. The Balaban J connectivity index is 0.000000220. The summed E-state index contributed by atoms with van der Waals surface area (Å²) in [6.07, 6.45) is 4.54. The van der Waals surface area contributed by atoms with E-state index in [1.165, 1.54) is 66.1 Å². The van der Waals surface area contributed by atoms with Gasteiger partial charge >= 0.3 is 41.9 Å². The van der Waals surface area contributed by atoms with Gasteiger partial charge in [0.05, 0.1) is 23.0 Å². The van der Waals surface area contributed by atoms with E-state index < -0.39 is 0 Å². The predicted molar refractivity (Wildman–Crippen MR) is 244 cm³/mol. The van der Waals surface area contributed by atoms with E-state index in [0.29, 0.717) is 0 Å². The van der Waals surface area contributed by atoms with Crippen molar-refractivity contribution in [3.8, 4) is 44.9 Å². The van der Waals surface area contributed by atoms with Gasteiger partial charge in [0.15, 0.2) is 0 Å². The number of rotatable bonds is 8. The zero-order valence-corrected chi connectivity index (χ0v) is 39.1. The summed E-state index contributed by atoms with van der Waals surface area (Å²) in [5.41, 5.74) is 13.5. The van der Waals surface area contributed by atoms with E-state index in [-0.39, 0.29) is 30.2 Å². The van der Waals surface area contributed by atoms with Gasteiger partial charge in [-0.3, -0.25) is 0 Å². The van der Waals surface area contributed by atoms with Crippen LogP contribution in [-0.2, 0) is 36.2 Å². The molecule has 6 heteroatoms. The number of halogens is 2. The minimum Gasteiger partial charge on any atom is -0.147 e. The van der Waals surface area contributed by atoms with Crippen LogP contribution < -0.4 is 0 Å². The summed E-state index contributed by atoms with van der Waals surface area (Å²) in [6, 6.07) is 43.4. The Morgan fingerprint density at radius 1 is 0.536 bits per heavy atom. The Morgan fingerprint density at radius 2 is 0.893 bits per heavy atom. The fourth-order valence-corrected chi connectivity index (χ4v) is 7.52. The Labute approximate surface area is 361 Å². The summed E-state index contributed by atoms with van der Waals surface area (Å²) >= 11 is 1.74. The van der Waals surface area contributed by atoms with Crippen molar-refractivity contribution in [1.82, 2.24) is 0 Å². The number of fused-ring (bicyclic) bond motifs is 2. The molecule has 0 fully saturated rings. The third-order valence-electron chi connectivity index (χ3n) is 9.97. The van der Waals surface area contributed by atoms with Gasteiger partial charge < -0.3 is 8.83 Å². The molecule has 0 aliphatic carbocycles. The van der Waals surface area contributed by atoms with Gasteiger partial charge in [0, 0.05) is 0 Å². The Hall–Kier alpha value is -3.66. The second kappa shape index (κ2) is 20.7. The van der Waals surface area contributed by atoms with Gasteiger partial charge in [0.2, 0.25) is 0 Å². The van der Waals surface area contributed by atoms with Crippen LogP contribution in [-0.4, -0.2) is 5.43 Å². The molecule has 0 amide bonds. The molecule has 56 heavy (non-hydrogen) atoms. The molecular formula is C50H54Cl2O2SiZr. The summed E-state index contributed by atoms with van der Waals surface area (Å²) in [6.45, 7) is 17.6. The molecule has 6 aromatic carbocycles. The maximum atomic E-state index is 5.85. The van der Waals surface area contributed by atoms with Crippen molar-refractivity contribution in [1.29, 1.82) is 0 Å². The first kappa shape index (κ1) is 45.0. The largest absolute Gasteiger partial charge is 0.147 e. The summed E-state index contributed by atoms with van der Waals surface area (Å²) < 4.78 is 11.7. The molecule has 288 valence electrons. The van der Waals surface area contributed by atoms with E-state index >= 15 is 0 Å². The average Bonchev–Trinajstić information content (AvgIpc) is 3.97. The topological polar surface area (TPSA) is 26.3 Å². The van der Waals surface area contributed by atoms with E-state index in [1.807, 2.05) is 26.0 Å². The van der Waals surface area contributed by atoms with Crippen LogP contribution in [0.25, 0.3) is 66.4 Å². The minimum atomic E-state index is 0. The summed E-state index contributed by atoms with van der Waals surface area (Å²) in [5, 5.41) is 5.23. The third-order valence-corrected chi connectivity index (χ3v) is 9.97. The monoisotopic (exact) mass is 874 g/mol. The molecule has 0 bridgehead atoms. The van der Waals surface area contributed by atoms with Crippen LogP contribution in [0.1, 0.15) is 60.5 Å². The summed E-state index contributed by atoms with van der Waals surface area (Å²) in [7, 11) is 0. The van der Waals surface area contributed by atoms with Gasteiger partial charge in [0.1, 0.15) is 0 Å². The number of benzene rings is 4. The molecule has 0 unspecified atom stereocenters. The molecule has 0 saturated carbocycles. The average molecular weight is 877 g/mol. The molecule has 2 nitrogen and oxygen atoms in total. The Bertz CT molecular complexity index is 2330. The zero-order chi connectivity index (χ0) is 38.4. The van der Waals surface area contributed by atoms with E-state index in [0.717, 1.165) is 59.9 Å². The molecule has 8 aromatic rings. The third kappa shape index (κ3) is 10.4. The van der Waals surface area contributed by atoms with Crippen LogP contribution in [0.5, 0.6) is 0 Å². The Kier molecular flexibility index (Phi) is 16.6. The molecule has 8 rings (SSSR count). The standard InChI is InChI=1S/2C24H23O.C2H6Si.2ClH.Zr/c2*1-4-8-19-13-20-14-21(23-12-11-16(2)25-23)15-22(20)24(17(19)3)18-9-6-5-7-10-18;1-3-2;;;/h2*5-7,9-15H,4,8H2,1-3H3;1-2H3;2*1H;/q2*-1;;;;+2. The summed E-state index contributed by atoms with van der Waals surface area (Å²) in [4.78, 5) is 0. The fraction of sp³-hybridized carbons (Fsp3) is 0.240. The number of hydrogen-bond acceptors (Lipinski definition) is 2. The van der Waals surface area contributed by atoms with Gasteiger partial charge in [-0.1, -0.05) is 121 Å². The van der Waals surface area contributed by atoms with Gasteiger partial charge in [-0.25, -0.2) is 0 Å². The molecule has 0 spiro atoms. The molecule has 2 aromatic heterocycles. The second-order valence-corrected chi connectivity index (χ2v) is 24.0. The molecule has 0 radical (unpaired) electrons. The van der Waals surface area contributed by atoms with Gasteiger partial charge in [-0.05, 0) is 87.1 Å². The van der Waals surface area contributed by atoms with Crippen molar-refractivity contribution in [3.05, 3.63) is 155 Å². The van der Waals surface area contributed by atoms with Crippen LogP contribution in [0.4, 0.5) is 0 Å². The van der Waals surface area contributed by atoms with E-state index in [1.54, 1.807) is 23.3 Å². The van der Waals surface area contributed by atoms with Crippen LogP contribution in [0, 0.1) is 27.7 Å². The van der Waals surface area contributed by atoms with Crippen LogP contribution >= 0.6 is 24.8 Å². The zero-order valence-electron chi connectivity index (χ0n) is 34.0. The Morgan fingerprint density at radius 3 is 1.20 bits per heavy atom. The van der Waals surface area contributed by atoms with Crippen LogP contribution in [0.15, 0.2) is 130 Å². The SMILES string of the molecule is CCCc1cc2[cH-]c(-c3ccc(C)o3)cc2c(-c2ccccc2)c1C.CCCc1cc2[cH-]c(-c3ccc(C)o3)cc2c(-c2ccccc2)c1C.C[Si](C)=[Zr+2].Cl.Cl. The van der Waals surface area contributed by atoms with E-state index in [9.17, 15) is 0 Å². The smallest absolute Gasteiger partial charge is 0.147 e. The first-order valence-electron chi connectivity index (χ1n) is 19.3. The van der Waals surface area contributed by atoms with E-state index in [2.05, 4.69) is 150 Å². The van der Waals surface area contributed by atoms with Crippen molar-refractivity contribution in [2.75, 3.05) is 0 Å². The van der Waals surface area contributed by atoms with E-state index in [4.69, 9.17) is 8.83 Å². The van der Waals surface area contributed by atoms with Crippen molar-refractivity contribution in [2.45, 2.75) is 80.3 Å². The molecule has 0 saturated heterocycles. The molecule has 0 aliphatic heterocycles. The fourth-order valence-electron chi connectivity index (χ4n) is 7.52. The second-order valence-electron chi connectivity index (χ2n) is 14.6. The quantitative estimate of drug-likeness (QED) is 0.112. The number of hydrogen-bond donors (Lipinski definition) is 0. The van der Waals surface area contributed by atoms with Crippen molar-refractivity contribution in [2.24, 2.45) is 0 Å². The number of aryl methyl sites for hydroxylation is 4. The van der Waals surface area contributed by atoms with Gasteiger partial charge in [-0.2, -0.15) is 0 Å². The maximum absolute atomic E-state index is 5.85. The van der Waals surface area contributed by atoms with Gasteiger partial charge in [0.25, 0.3) is 0 Å². The van der Waals surface area contributed by atoms with Crippen molar-refractivity contribution < 1.29 is 32.2 Å². The normalized spacial score (nSPS) is 10.6. The van der Waals surface area contributed by atoms with Gasteiger partial charge in [-0.15, -0.1) is 82.8 Å². The maximum Gasteiger partial charge on any atom is -0.147 e. The first-order chi connectivity index (χ1) is 26.1. The molecule has 0 atom stereocenters. The van der Waals surface area contributed by atoms with Crippen LogP contribution in [0.3, 0.4) is 0 Å². The molecular weight excluding hydrogens is 823 g/mol. The number of furan rings is 2. The van der Waals surface area contributed by atoms with Crippen molar-refractivity contribution in [3.63, 3.8) is 0 Å². The summed E-state index contributed by atoms with van der Waals surface area (Å²) in [5.74, 6) is 3.79. The molecule has 0 N–H and O–H groups in total. The first-order valence-corrected chi connectivity index (χ1v) is 25.5. The minimum absolute atomic E-state index is 0. The predicted octanol–water partition coefficient (Wildman–Crippen LogP) is 15.7. The molecule has 2 heterocycles. The van der Waals surface area contributed by atoms with Crippen LogP contribution in [0.2, 0.25) is 13.1 Å². The van der Waals surface area contributed by atoms with Crippen molar-refractivity contribution >= 4 is 51.8 Å².